The Morgan fingerprint density at radius 1 is 1.09 bits per heavy atom. The molecule has 0 fully saturated rings. The molecule has 0 radical (unpaired) electrons. The fourth-order valence-corrected chi connectivity index (χ4v) is 0.916. The Labute approximate surface area is 67.5 Å². The van der Waals surface area contributed by atoms with Gasteiger partial charge in [-0.05, 0) is 25.0 Å². The van der Waals surface area contributed by atoms with Crippen molar-refractivity contribution in [3.63, 3.8) is 0 Å². The van der Waals surface area contributed by atoms with Gasteiger partial charge in [-0.3, -0.25) is 0 Å². The van der Waals surface area contributed by atoms with E-state index < -0.39 is 0 Å². The predicted molar refractivity (Wildman–Crippen MR) is 48.9 cm³/mol. The molecule has 0 unspecified atom stereocenters. The second-order valence-corrected chi connectivity index (χ2v) is 2.67. The Hall–Kier alpha value is -1.24. The number of benzene rings is 1. The quantitative estimate of drug-likeness (QED) is 0.648. The van der Waals surface area contributed by atoms with Gasteiger partial charge in [0.1, 0.15) is 0 Å². The van der Waals surface area contributed by atoms with Crippen molar-refractivity contribution in [2.75, 3.05) is 0 Å². The van der Waals surface area contributed by atoms with Crippen LogP contribution in [0.15, 0.2) is 36.0 Å². The molecule has 1 rings (SSSR count). The number of hydrogen-bond acceptors (Lipinski definition) is 1. The van der Waals surface area contributed by atoms with E-state index in [0.717, 1.165) is 11.3 Å². The summed E-state index contributed by atoms with van der Waals surface area (Å²) in [5.74, 6) is 0. The molecule has 1 nitrogen and oxygen atoms in total. The van der Waals surface area contributed by atoms with Crippen molar-refractivity contribution in [2.45, 2.75) is 13.8 Å². The standard InChI is InChI=1S/C10H13N/c1-8(9(2)11)10-6-4-3-5-7-10/h3-7H,11H2,1-2H3. The average Bonchev–Trinajstić information content (AvgIpc) is 2.05. The molecule has 0 aliphatic carbocycles. The Morgan fingerprint density at radius 2 is 1.64 bits per heavy atom. The van der Waals surface area contributed by atoms with E-state index in [1.54, 1.807) is 0 Å². The molecule has 0 atom stereocenters. The first-order valence-electron chi connectivity index (χ1n) is 3.70. The maximum absolute atomic E-state index is 5.65. The molecule has 0 spiro atoms. The van der Waals surface area contributed by atoms with Crippen molar-refractivity contribution in [2.24, 2.45) is 5.73 Å². The lowest BCUT2D eigenvalue weighted by Gasteiger charge is -2.02. The average molecular weight is 147 g/mol. The largest absolute Gasteiger partial charge is 0.402 e. The summed E-state index contributed by atoms with van der Waals surface area (Å²) >= 11 is 0. The Kier molecular flexibility index (Phi) is 2.32. The molecule has 0 aliphatic heterocycles. The van der Waals surface area contributed by atoms with Crippen molar-refractivity contribution < 1.29 is 0 Å². The molecule has 0 aromatic heterocycles. The third-order valence-corrected chi connectivity index (χ3v) is 1.80. The van der Waals surface area contributed by atoms with Crippen LogP contribution in [0, 0.1) is 0 Å². The van der Waals surface area contributed by atoms with E-state index >= 15 is 0 Å². The second-order valence-electron chi connectivity index (χ2n) is 2.67. The van der Waals surface area contributed by atoms with E-state index in [9.17, 15) is 0 Å². The molecule has 1 aromatic rings. The van der Waals surface area contributed by atoms with Gasteiger partial charge in [0.05, 0.1) is 0 Å². The maximum Gasteiger partial charge on any atom is 0.00846 e. The van der Waals surface area contributed by atoms with Crippen molar-refractivity contribution in [3.8, 4) is 0 Å². The molecular formula is C10H13N. The third kappa shape index (κ3) is 1.84. The summed E-state index contributed by atoms with van der Waals surface area (Å²) in [5, 5.41) is 0. The molecule has 0 heterocycles. The molecule has 1 aromatic carbocycles. The SMILES string of the molecule is CC(N)=C(C)c1ccccc1. The molecule has 0 amide bonds. The van der Waals surface area contributed by atoms with Gasteiger partial charge in [-0.2, -0.15) is 0 Å². The minimum absolute atomic E-state index is 0.885. The minimum Gasteiger partial charge on any atom is -0.402 e. The highest BCUT2D eigenvalue weighted by atomic mass is 14.6. The Bertz CT molecular complexity index is 255. The van der Waals surface area contributed by atoms with Crippen LogP contribution in [0.1, 0.15) is 19.4 Å². The molecule has 0 bridgehead atoms. The van der Waals surface area contributed by atoms with E-state index in [1.165, 1.54) is 5.56 Å². The summed E-state index contributed by atoms with van der Waals surface area (Å²) < 4.78 is 0. The highest BCUT2D eigenvalue weighted by Gasteiger charge is 1.94. The second kappa shape index (κ2) is 3.24. The zero-order chi connectivity index (χ0) is 8.27. The fourth-order valence-electron chi connectivity index (χ4n) is 0.916. The highest BCUT2D eigenvalue weighted by Crippen LogP contribution is 2.13. The lowest BCUT2D eigenvalue weighted by atomic mass is 10.1. The summed E-state index contributed by atoms with van der Waals surface area (Å²) in [6.45, 7) is 3.95. The van der Waals surface area contributed by atoms with E-state index in [4.69, 9.17) is 5.73 Å². The Morgan fingerprint density at radius 3 is 2.09 bits per heavy atom. The van der Waals surface area contributed by atoms with Crippen LogP contribution in [-0.4, -0.2) is 0 Å². The lowest BCUT2D eigenvalue weighted by Crippen LogP contribution is -1.94. The fraction of sp³-hybridized carbons (Fsp3) is 0.200. The van der Waals surface area contributed by atoms with E-state index in [1.807, 2.05) is 32.0 Å². The van der Waals surface area contributed by atoms with Gasteiger partial charge < -0.3 is 5.73 Å². The molecule has 11 heavy (non-hydrogen) atoms. The van der Waals surface area contributed by atoms with Crippen LogP contribution in [0.4, 0.5) is 0 Å². The van der Waals surface area contributed by atoms with Gasteiger partial charge in [-0.25, -0.2) is 0 Å². The van der Waals surface area contributed by atoms with Crippen LogP contribution in [-0.2, 0) is 0 Å². The van der Waals surface area contributed by atoms with Crippen LogP contribution in [0.2, 0.25) is 0 Å². The zero-order valence-electron chi connectivity index (χ0n) is 6.96. The van der Waals surface area contributed by atoms with Gasteiger partial charge in [0.15, 0.2) is 0 Å². The van der Waals surface area contributed by atoms with Crippen LogP contribution >= 0.6 is 0 Å². The van der Waals surface area contributed by atoms with Crippen molar-refractivity contribution in [3.05, 3.63) is 41.6 Å². The van der Waals surface area contributed by atoms with Gasteiger partial charge in [-0.1, -0.05) is 30.3 Å². The van der Waals surface area contributed by atoms with E-state index in [0.29, 0.717) is 0 Å². The molecule has 0 saturated heterocycles. The number of rotatable bonds is 1. The summed E-state index contributed by atoms with van der Waals surface area (Å²) in [7, 11) is 0. The van der Waals surface area contributed by atoms with Crippen LogP contribution in [0.25, 0.3) is 5.57 Å². The van der Waals surface area contributed by atoms with E-state index in [2.05, 4.69) is 12.1 Å². The molecule has 0 saturated carbocycles. The Balaban J connectivity index is 3.04. The van der Waals surface area contributed by atoms with Gasteiger partial charge in [0.2, 0.25) is 0 Å². The summed E-state index contributed by atoms with van der Waals surface area (Å²) in [6, 6.07) is 10.2. The third-order valence-electron chi connectivity index (χ3n) is 1.80. The predicted octanol–water partition coefficient (Wildman–Crippen LogP) is 2.40. The summed E-state index contributed by atoms with van der Waals surface area (Å²) in [5.41, 5.74) is 8.89. The first kappa shape index (κ1) is 7.86. The maximum atomic E-state index is 5.65. The first-order chi connectivity index (χ1) is 5.22. The van der Waals surface area contributed by atoms with Crippen molar-refractivity contribution in [1.82, 2.24) is 0 Å². The molecule has 2 N–H and O–H groups in total. The van der Waals surface area contributed by atoms with Crippen LogP contribution in [0.5, 0.6) is 0 Å². The lowest BCUT2D eigenvalue weighted by molar-refractivity contribution is 1.30. The zero-order valence-corrected chi connectivity index (χ0v) is 6.96. The normalized spacial score (nSPS) is 12.5. The molecular weight excluding hydrogens is 134 g/mol. The first-order valence-corrected chi connectivity index (χ1v) is 3.70. The highest BCUT2D eigenvalue weighted by molar-refractivity contribution is 5.65. The molecule has 58 valence electrons. The molecule has 0 aliphatic rings. The minimum atomic E-state index is 0.885. The van der Waals surface area contributed by atoms with Gasteiger partial charge in [-0.15, -0.1) is 0 Å². The number of allylic oxidation sites excluding steroid dienone is 2. The smallest absolute Gasteiger partial charge is 0.00846 e. The topological polar surface area (TPSA) is 26.0 Å². The van der Waals surface area contributed by atoms with Gasteiger partial charge in [0, 0.05) is 5.70 Å². The summed E-state index contributed by atoms with van der Waals surface area (Å²) in [4.78, 5) is 0. The van der Waals surface area contributed by atoms with Crippen LogP contribution < -0.4 is 5.73 Å². The van der Waals surface area contributed by atoms with Gasteiger partial charge >= 0.3 is 0 Å². The monoisotopic (exact) mass is 147 g/mol. The van der Waals surface area contributed by atoms with Crippen molar-refractivity contribution in [1.29, 1.82) is 0 Å². The molecule has 1 heteroatoms. The summed E-state index contributed by atoms with van der Waals surface area (Å²) in [6.07, 6.45) is 0. The number of nitrogens with two attached hydrogens (primary N) is 1. The number of hydrogen-bond donors (Lipinski definition) is 1. The van der Waals surface area contributed by atoms with Crippen molar-refractivity contribution >= 4 is 5.57 Å². The van der Waals surface area contributed by atoms with Crippen LogP contribution in [0.3, 0.4) is 0 Å². The van der Waals surface area contributed by atoms with E-state index in [-0.39, 0.29) is 0 Å². The van der Waals surface area contributed by atoms with Gasteiger partial charge in [0.25, 0.3) is 0 Å².